The molecule has 0 bridgehead atoms. The summed E-state index contributed by atoms with van der Waals surface area (Å²) in [6, 6.07) is 7.18. The predicted molar refractivity (Wildman–Crippen MR) is 150 cm³/mol. The summed E-state index contributed by atoms with van der Waals surface area (Å²) in [6.45, 7) is 10.6. The first-order valence-electron chi connectivity index (χ1n) is 13.6. The van der Waals surface area contributed by atoms with E-state index in [-0.39, 0.29) is 18.0 Å². The summed E-state index contributed by atoms with van der Waals surface area (Å²) in [4.78, 5) is 30.8. The number of hydrogen-bond donors (Lipinski definition) is 3. The second-order valence-corrected chi connectivity index (χ2v) is 11.0. The second kappa shape index (κ2) is 12.5. The molecule has 202 valence electrons. The highest BCUT2D eigenvalue weighted by Crippen LogP contribution is 2.33. The Morgan fingerprint density at radius 2 is 1.73 bits per heavy atom. The molecule has 2 fully saturated rings. The van der Waals surface area contributed by atoms with Crippen molar-refractivity contribution in [3.05, 3.63) is 61.5 Å². The van der Waals surface area contributed by atoms with Gasteiger partial charge in [0.05, 0.1) is 0 Å². The van der Waals surface area contributed by atoms with Crippen LogP contribution < -0.4 is 21.1 Å². The van der Waals surface area contributed by atoms with E-state index in [9.17, 15) is 9.59 Å². The maximum absolute atomic E-state index is 13.2. The number of halogens is 1. The minimum atomic E-state index is -0.221. The zero-order chi connectivity index (χ0) is 26.5. The Kier molecular flexibility index (Phi) is 9.32. The fourth-order valence-corrected chi connectivity index (χ4v) is 6.15. The number of hydrogen-bond acceptors (Lipinski definition) is 5. The predicted octanol–water partition coefficient (Wildman–Crippen LogP) is 4.79. The van der Waals surface area contributed by atoms with Gasteiger partial charge >= 0.3 is 0 Å². The van der Waals surface area contributed by atoms with Crippen molar-refractivity contribution in [2.75, 3.05) is 24.7 Å². The van der Waals surface area contributed by atoms with Gasteiger partial charge in [-0.05, 0) is 95.5 Å². The maximum atomic E-state index is 13.2. The number of aryl methyl sites for hydroxylation is 2. The molecule has 1 aromatic carbocycles. The van der Waals surface area contributed by atoms with Gasteiger partial charge in [-0.1, -0.05) is 11.6 Å². The first-order valence-corrected chi connectivity index (χ1v) is 14.0. The summed E-state index contributed by atoms with van der Waals surface area (Å²) in [5, 5.41) is 7.35. The zero-order valence-corrected chi connectivity index (χ0v) is 23.3. The van der Waals surface area contributed by atoms with E-state index in [0.717, 1.165) is 80.8 Å². The van der Waals surface area contributed by atoms with Crippen molar-refractivity contribution >= 4 is 23.2 Å². The first-order chi connectivity index (χ1) is 17.8. The van der Waals surface area contributed by atoms with Crippen LogP contribution in [0.1, 0.15) is 78.2 Å². The van der Waals surface area contributed by atoms with Crippen LogP contribution in [-0.4, -0.2) is 48.8 Å². The highest BCUT2D eigenvalue weighted by molar-refractivity contribution is 6.31. The quantitative estimate of drug-likeness (QED) is 0.458. The first kappa shape index (κ1) is 27.7. The molecule has 2 heterocycles. The van der Waals surface area contributed by atoms with E-state index >= 15 is 0 Å². The summed E-state index contributed by atoms with van der Waals surface area (Å²) < 4.78 is 5.50. The van der Waals surface area contributed by atoms with Crippen LogP contribution in [0.3, 0.4) is 0 Å². The van der Waals surface area contributed by atoms with Crippen molar-refractivity contribution in [1.29, 1.82) is 0 Å². The summed E-state index contributed by atoms with van der Waals surface area (Å²) in [7, 11) is 0. The van der Waals surface area contributed by atoms with Crippen LogP contribution in [0.5, 0.6) is 0 Å². The molecule has 1 aliphatic carbocycles. The molecule has 7 nitrogen and oxygen atoms in total. The lowest BCUT2D eigenvalue weighted by Gasteiger charge is -2.40. The van der Waals surface area contributed by atoms with Crippen molar-refractivity contribution in [2.24, 2.45) is 0 Å². The van der Waals surface area contributed by atoms with Gasteiger partial charge in [0.2, 0.25) is 0 Å². The smallest absolute Gasteiger partial charge is 0.253 e. The largest absolute Gasteiger partial charge is 0.381 e. The topological polar surface area (TPSA) is 86.5 Å². The van der Waals surface area contributed by atoms with E-state index in [1.165, 1.54) is 0 Å². The third-order valence-corrected chi connectivity index (χ3v) is 8.21. The highest BCUT2D eigenvalue weighted by Gasteiger charge is 2.29. The number of nitrogens with one attached hydrogen (secondary N) is 3. The van der Waals surface area contributed by atoms with Gasteiger partial charge in [-0.15, -0.1) is 0 Å². The van der Waals surface area contributed by atoms with Gasteiger partial charge in [0, 0.05) is 72.0 Å². The van der Waals surface area contributed by atoms with Crippen LogP contribution in [0.2, 0.25) is 5.02 Å². The average molecular weight is 529 g/mol. The zero-order valence-electron chi connectivity index (χ0n) is 22.6. The van der Waals surface area contributed by atoms with Crippen molar-refractivity contribution in [3.63, 3.8) is 0 Å². The van der Waals surface area contributed by atoms with E-state index in [1.54, 1.807) is 6.07 Å². The summed E-state index contributed by atoms with van der Waals surface area (Å²) in [5.74, 6) is -0.221. The van der Waals surface area contributed by atoms with Gasteiger partial charge in [0.1, 0.15) is 0 Å². The van der Waals surface area contributed by atoms with Gasteiger partial charge in [-0.25, -0.2) is 0 Å². The summed E-state index contributed by atoms with van der Waals surface area (Å²) in [6.07, 6.45) is 6.72. The monoisotopic (exact) mass is 528 g/mol. The SMILES string of the molecule is CCN(c1cc(Cl)cc(C(=O)NCc2c(C)cc(C)[nH]c2=O)c1C)C1CCC(NC2CCOCC2)CC1. The van der Waals surface area contributed by atoms with E-state index < -0.39 is 0 Å². The van der Waals surface area contributed by atoms with Gasteiger partial charge in [0.25, 0.3) is 11.5 Å². The van der Waals surface area contributed by atoms with Crippen LogP contribution in [0, 0.1) is 20.8 Å². The lowest BCUT2D eigenvalue weighted by Crippen LogP contribution is -2.47. The van der Waals surface area contributed by atoms with E-state index in [1.807, 2.05) is 32.9 Å². The second-order valence-electron chi connectivity index (χ2n) is 10.6. The number of benzene rings is 1. The number of carbonyl (C=O) groups excluding carboxylic acids is 1. The molecule has 0 atom stereocenters. The Morgan fingerprint density at radius 1 is 1.05 bits per heavy atom. The number of nitrogens with zero attached hydrogens (tertiary/aromatic N) is 1. The van der Waals surface area contributed by atoms with Gasteiger partial charge in [-0.3, -0.25) is 9.59 Å². The minimum Gasteiger partial charge on any atom is -0.381 e. The number of H-pyrrole nitrogens is 1. The Hall–Kier alpha value is -2.35. The molecule has 3 N–H and O–H groups in total. The molecule has 0 unspecified atom stereocenters. The van der Waals surface area contributed by atoms with Crippen LogP contribution >= 0.6 is 11.6 Å². The number of amides is 1. The van der Waals surface area contributed by atoms with Gasteiger partial charge in [0.15, 0.2) is 0 Å². The van der Waals surface area contributed by atoms with Gasteiger partial charge in [-0.2, -0.15) is 0 Å². The minimum absolute atomic E-state index is 0.166. The Morgan fingerprint density at radius 3 is 2.38 bits per heavy atom. The molecule has 4 rings (SSSR count). The number of ether oxygens (including phenoxy) is 1. The molecule has 37 heavy (non-hydrogen) atoms. The number of aromatic nitrogens is 1. The van der Waals surface area contributed by atoms with Crippen molar-refractivity contribution in [2.45, 2.75) is 90.9 Å². The number of pyridine rings is 1. The molecule has 1 saturated carbocycles. The molecular weight excluding hydrogens is 488 g/mol. The normalized spacial score (nSPS) is 20.6. The number of carbonyl (C=O) groups is 1. The third kappa shape index (κ3) is 6.75. The van der Waals surface area contributed by atoms with Gasteiger partial charge < -0.3 is 25.3 Å². The fourth-order valence-electron chi connectivity index (χ4n) is 5.94. The van der Waals surface area contributed by atoms with Crippen molar-refractivity contribution in [3.8, 4) is 0 Å². The maximum Gasteiger partial charge on any atom is 0.253 e. The van der Waals surface area contributed by atoms with Crippen LogP contribution in [0.4, 0.5) is 5.69 Å². The number of anilines is 1. The third-order valence-electron chi connectivity index (χ3n) is 7.99. The van der Waals surface area contributed by atoms with E-state index in [4.69, 9.17) is 16.3 Å². The van der Waals surface area contributed by atoms with Crippen LogP contribution in [0.15, 0.2) is 23.0 Å². The molecule has 8 heteroatoms. The molecule has 1 aliphatic heterocycles. The average Bonchev–Trinajstić information content (AvgIpc) is 2.87. The Labute approximate surface area is 225 Å². The molecule has 0 radical (unpaired) electrons. The standard InChI is InChI=1S/C29H41ClN4O3/c1-5-34(24-8-6-22(7-9-24)33-23-10-12-37-13-11-23)27-16-21(30)15-25(20(27)4)28(35)31-17-26-18(2)14-19(3)32-29(26)36/h14-16,22-24,33H,5-13,17H2,1-4H3,(H,31,35)(H,32,36). The van der Waals surface area contributed by atoms with Crippen molar-refractivity contribution in [1.82, 2.24) is 15.6 Å². The molecule has 2 aromatic rings. The fraction of sp³-hybridized carbons (Fsp3) is 0.586. The molecule has 0 spiro atoms. The van der Waals surface area contributed by atoms with Crippen LogP contribution in [0.25, 0.3) is 0 Å². The lowest BCUT2D eigenvalue weighted by atomic mass is 9.88. The molecule has 1 aromatic heterocycles. The van der Waals surface area contributed by atoms with Crippen LogP contribution in [-0.2, 0) is 11.3 Å². The summed E-state index contributed by atoms with van der Waals surface area (Å²) in [5.41, 5.74) is 4.56. The number of rotatable bonds is 8. The molecule has 2 aliphatic rings. The Bertz CT molecular complexity index is 1150. The Balaban J connectivity index is 1.44. The molecular formula is C29H41ClN4O3. The molecule has 1 amide bonds. The van der Waals surface area contributed by atoms with E-state index in [2.05, 4.69) is 27.4 Å². The van der Waals surface area contributed by atoms with E-state index in [0.29, 0.717) is 34.3 Å². The lowest BCUT2D eigenvalue weighted by molar-refractivity contribution is 0.0729. The highest BCUT2D eigenvalue weighted by atomic mass is 35.5. The molecule has 1 saturated heterocycles. The summed E-state index contributed by atoms with van der Waals surface area (Å²) >= 11 is 6.54. The van der Waals surface area contributed by atoms with Crippen molar-refractivity contribution < 1.29 is 9.53 Å². The number of aromatic amines is 1.